The summed E-state index contributed by atoms with van der Waals surface area (Å²) in [6, 6.07) is 10.5. The first-order valence-corrected chi connectivity index (χ1v) is 9.90. The van der Waals surface area contributed by atoms with Crippen LogP contribution in [0.4, 0.5) is 4.39 Å². The van der Waals surface area contributed by atoms with Gasteiger partial charge in [0.15, 0.2) is 0 Å². The molecule has 28 heavy (non-hydrogen) atoms. The number of fused-ring (bicyclic) bond motifs is 1. The van der Waals surface area contributed by atoms with E-state index in [2.05, 4.69) is 16.8 Å². The molecule has 1 aliphatic heterocycles. The van der Waals surface area contributed by atoms with Crippen LogP contribution in [0.1, 0.15) is 30.1 Å². The Morgan fingerprint density at radius 1 is 1.07 bits per heavy atom. The summed E-state index contributed by atoms with van der Waals surface area (Å²) in [4.78, 5) is 21.5. The predicted octanol–water partition coefficient (Wildman–Crippen LogP) is 3.70. The lowest BCUT2D eigenvalue weighted by Crippen LogP contribution is -2.48. The van der Waals surface area contributed by atoms with Crippen LogP contribution in [-0.4, -0.2) is 57.8 Å². The molecular formula is C22H25FN4O. The fraction of sp³-hybridized carbons (Fsp3) is 0.364. The van der Waals surface area contributed by atoms with Crippen molar-refractivity contribution in [2.75, 3.05) is 32.7 Å². The summed E-state index contributed by atoms with van der Waals surface area (Å²) in [7, 11) is 0. The van der Waals surface area contributed by atoms with Gasteiger partial charge in [0.05, 0.1) is 11.9 Å². The topological polar surface area (TPSA) is 40.8 Å². The second-order valence-corrected chi connectivity index (χ2v) is 7.28. The van der Waals surface area contributed by atoms with Crippen molar-refractivity contribution in [1.82, 2.24) is 19.2 Å². The van der Waals surface area contributed by atoms with Gasteiger partial charge in [0, 0.05) is 43.5 Å². The van der Waals surface area contributed by atoms with Gasteiger partial charge >= 0.3 is 0 Å². The van der Waals surface area contributed by atoms with Crippen molar-refractivity contribution >= 4 is 11.6 Å². The molecule has 1 aliphatic rings. The van der Waals surface area contributed by atoms with Crippen LogP contribution in [0.2, 0.25) is 0 Å². The molecule has 0 aliphatic carbocycles. The van der Waals surface area contributed by atoms with Crippen LogP contribution >= 0.6 is 0 Å². The number of nitrogens with zero attached hydrogens (tertiary/aromatic N) is 4. The van der Waals surface area contributed by atoms with Gasteiger partial charge in [-0.15, -0.1) is 0 Å². The van der Waals surface area contributed by atoms with Gasteiger partial charge in [-0.05, 0) is 37.2 Å². The largest absolute Gasteiger partial charge is 0.336 e. The molecule has 0 atom stereocenters. The van der Waals surface area contributed by atoms with Crippen molar-refractivity contribution in [1.29, 1.82) is 0 Å². The Hall–Kier alpha value is -2.73. The minimum Gasteiger partial charge on any atom is -0.336 e. The molecule has 3 aromatic rings. The third-order valence-electron chi connectivity index (χ3n) is 5.38. The van der Waals surface area contributed by atoms with Crippen molar-refractivity contribution < 1.29 is 9.18 Å². The zero-order valence-corrected chi connectivity index (χ0v) is 16.1. The van der Waals surface area contributed by atoms with E-state index in [9.17, 15) is 9.18 Å². The Bertz CT molecular complexity index is 958. The molecule has 1 aromatic carbocycles. The molecule has 0 unspecified atom stereocenters. The Labute approximate surface area is 164 Å². The summed E-state index contributed by atoms with van der Waals surface area (Å²) in [5, 5.41) is 0. The molecule has 146 valence electrons. The minimum absolute atomic E-state index is 0.0749. The van der Waals surface area contributed by atoms with Gasteiger partial charge in [-0.1, -0.05) is 25.5 Å². The van der Waals surface area contributed by atoms with E-state index in [4.69, 9.17) is 0 Å². The third kappa shape index (κ3) is 3.78. The summed E-state index contributed by atoms with van der Waals surface area (Å²) in [6.07, 6.45) is 5.56. The van der Waals surface area contributed by atoms with Crippen LogP contribution in [0.3, 0.4) is 0 Å². The van der Waals surface area contributed by atoms with E-state index in [-0.39, 0.29) is 11.7 Å². The van der Waals surface area contributed by atoms with Crippen LogP contribution in [0.15, 0.2) is 48.8 Å². The van der Waals surface area contributed by atoms with E-state index in [1.54, 1.807) is 16.7 Å². The Kier molecular flexibility index (Phi) is 5.39. The number of benzene rings is 1. The number of piperazine rings is 1. The van der Waals surface area contributed by atoms with Crippen LogP contribution in [0.5, 0.6) is 0 Å². The van der Waals surface area contributed by atoms with Crippen molar-refractivity contribution in [2.24, 2.45) is 0 Å². The average Bonchev–Trinajstić information content (AvgIpc) is 3.15. The lowest BCUT2D eigenvalue weighted by Gasteiger charge is -2.34. The van der Waals surface area contributed by atoms with Gasteiger partial charge in [0.2, 0.25) is 0 Å². The van der Waals surface area contributed by atoms with E-state index >= 15 is 0 Å². The first-order chi connectivity index (χ1) is 13.7. The number of hydrogen-bond donors (Lipinski definition) is 0. The van der Waals surface area contributed by atoms with Crippen LogP contribution < -0.4 is 0 Å². The summed E-state index contributed by atoms with van der Waals surface area (Å²) in [5.41, 5.74) is 3.08. The maximum Gasteiger partial charge on any atom is 0.253 e. The third-order valence-corrected chi connectivity index (χ3v) is 5.38. The molecule has 1 amide bonds. The molecular weight excluding hydrogens is 355 g/mol. The number of aromatic nitrogens is 2. The number of amides is 1. The fourth-order valence-electron chi connectivity index (χ4n) is 3.69. The number of carbonyl (C=O) groups is 1. The molecule has 2 aromatic heterocycles. The number of carbonyl (C=O) groups excluding carboxylic acids is 1. The first-order valence-electron chi connectivity index (χ1n) is 9.90. The summed E-state index contributed by atoms with van der Waals surface area (Å²) in [5.74, 6) is -0.234. The molecule has 0 bridgehead atoms. The second kappa shape index (κ2) is 8.10. The van der Waals surface area contributed by atoms with Crippen molar-refractivity contribution in [2.45, 2.75) is 19.8 Å². The zero-order valence-electron chi connectivity index (χ0n) is 16.1. The molecule has 0 saturated carbocycles. The number of pyridine rings is 1. The normalized spacial score (nSPS) is 15.3. The molecule has 4 rings (SSSR count). The summed E-state index contributed by atoms with van der Waals surface area (Å²) in [6.45, 7) is 6.75. The highest BCUT2D eigenvalue weighted by atomic mass is 19.1. The van der Waals surface area contributed by atoms with Crippen molar-refractivity contribution in [3.63, 3.8) is 0 Å². The summed E-state index contributed by atoms with van der Waals surface area (Å²) >= 11 is 0. The minimum atomic E-state index is -0.309. The van der Waals surface area contributed by atoms with Gasteiger partial charge < -0.3 is 4.90 Å². The highest BCUT2D eigenvalue weighted by molar-refractivity contribution is 5.94. The van der Waals surface area contributed by atoms with E-state index in [1.807, 2.05) is 29.2 Å². The molecule has 1 fully saturated rings. The van der Waals surface area contributed by atoms with Crippen LogP contribution in [-0.2, 0) is 0 Å². The Morgan fingerprint density at radius 3 is 2.54 bits per heavy atom. The number of imidazole rings is 1. The number of hydrogen-bond acceptors (Lipinski definition) is 3. The molecule has 1 saturated heterocycles. The molecule has 0 radical (unpaired) electrons. The van der Waals surface area contributed by atoms with E-state index in [1.165, 1.54) is 25.1 Å². The molecule has 5 nitrogen and oxygen atoms in total. The smallest absolute Gasteiger partial charge is 0.253 e. The maximum atomic E-state index is 13.6. The van der Waals surface area contributed by atoms with Gasteiger partial charge in [0.25, 0.3) is 5.91 Å². The van der Waals surface area contributed by atoms with Crippen molar-refractivity contribution in [3.8, 4) is 11.3 Å². The first kappa shape index (κ1) is 18.6. The molecule has 6 heteroatoms. The maximum absolute atomic E-state index is 13.6. The monoisotopic (exact) mass is 380 g/mol. The van der Waals surface area contributed by atoms with Crippen molar-refractivity contribution in [3.05, 3.63) is 60.2 Å². The lowest BCUT2D eigenvalue weighted by atomic mass is 10.1. The Morgan fingerprint density at radius 2 is 1.82 bits per heavy atom. The number of unbranched alkanes of at least 4 members (excludes halogenated alkanes) is 1. The van der Waals surface area contributed by atoms with Gasteiger partial charge in [0.1, 0.15) is 11.5 Å². The SMILES string of the molecule is CCCCN1CCN(C(=O)c2ccc(-c3cnc4ccc(F)cn34)cc2)CC1. The lowest BCUT2D eigenvalue weighted by molar-refractivity contribution is 0.0636. The van der Waals surface area contributed by atoms with Gasteiger partial charge in [-0.2, -0.15) is 0 Å². The average molecular weight is 380 g/mol. The van der Waals surface area contributed by atoms with Crippen LogP contribution in [0, 0.1) is 5.82 Å². The van der Waals surface area contributed by atoms with Gasteiger partial charge in [-0.3, -0.25) is 14.1 Å². The molecule has 0 spiro atoms. The Balaban J connectivity index is 1.46. The highest BCUT2D eigenvalue weighted by Crippen LogP contribution is 2.22. The van der Waals surface area contributed by atoms with E-state index < -0.39 is 0 Å². The molecule has 0 N–H and O–H groups in total. The highest BCUT2D eigenvalue weighted by Gasteiger charge is 2.21. The second-order valence-electron chi connectivity index (χ2n) is 7.28. The standard InChI is InChI=1S/C22H25FN4O/c1-2-3-10-25-11-13-26(14-12-25)22(28)18-6-4-17(5-7-18)20-15-24-21-9-8-19(23)16-27(20)21/h4-9,15-16H,2-3,10-14H2,1H3. The summed E-state index contributed by atoms with van der Waals surface area (Å²) < 4.78 is 15.3. The van der Waals surface area contributed by atoms with Crippen LogP contribution in [0.25, 0.3) is 16.9 Å². The number of halogens is 1. The molecule has 3 heterocycles. The quantitative estimate of drug-likeness (QED) is 0.678. The van der Waals surface area contributed by atoms with Gasteiger partial charge in [-0.25, -0.2) is 9.37 Å². The van der Waals surface area contributed by atoms with E-state index in [0.29, 0.717) is 11.2 Å². The van der Waals surface area contributed by atoms with E-state index in [0.717, 1.165) is 44.0 Å². The fourth-order valence-corrected chi connectivity index (χ4v) is 3.69. The zero-order chi connectivity index (χ0) is 19.5. The number of rotatable bonds is 5. The predicted molar refractivity (Wildman–Crippen MR) is 108 cm³/mol.